The molecule has 0 saturated heterocycles. The average Bonchev–Trinajstić information content (AvgIpc) is 2.04. The number of alkyl halides is 2. The van der Waals surface area contributed by atoms with Gasteiger partial charge >= 0.3 is 0 Å². The van der Waals surface area contributed by atoms with Crippen LogP contribution in [0.15, 0.2) is 30.3 Å². The lowest BCUT2D eigenvalue weighted by Crippen LogP contribution is -2.25. The van der Waals surface area contributed by atoms with Crippen LogP contribution in [0.1, 0.15) is 12.0 Å². The second-order valence-corrected chi connectivity index (χ2v) is 3.08. The highest BCUT2D eigenvalue weighted by atomic mass is 19.3. The summed E-state index contributed by atoms with van der Waals surface area (Å²) in [5, 5.41) is 0. The molecule has 0 heterocycles. The van der Waals surface area contributed by atoms with E-state index in [1.165, 1.54) is 0 Å². The highest BCUT2D eigenvalue weighted by Gasteiger charge is 2.10. The van der Waals surface area contributed by atoms with Crippen LogP contribution in [0.5, 0.6) is 0 Å². The van der Waals surface area contributed by atoms with E-state index in [1.807, 2.05) is 30.3 Å². The molecule has 0 aliphatic carbocycles. The largest absolute Gasteiger partial charge is 0.327 e. The Hall–Kier alpha value is -0.960. The Kier molecular flexibility index (Phi) is 3.83. The molecule has 1 aromatic rings. The molecule has 0 amide bonds. The van der Waals surface area contributed by atoms with Crippen LogP contribution in [0.3, 0.4) is 0 Å². The molecular weight excluding hydrogens is 172 g/mol. The molecule has 0 aliphatic heterocycles. The number of rotatable bonds is 4. The summed E-state index contributed by atoms with van der Waals surface area (Å²) in [5.74, 6) is 0. The van der Waals surface area contributed by atoms with E-state index in [9.17, 15) is 8.78 Å². The Morgan fingerprint density at radius 3 is 2.31 bits per heavy atom. The van der Waals surface area contributed by atoms with E-state index in [4.69, 9.17) is 5.73 Å². The van der Waals surface area contributed by atoms with E-state index in [-0.39, 0.29) is 6.42 Å². The van der Waals surface area contributed by atoms with E-state index in [2.05, 4.69) is 0 Å². The summed E-state index contributed by atoms with van der Waals surface area (Å²) in [5.41, 5.74) is 6.54. The summed E-state index contributed by atoms with van der Waals surface area (Å²) in [7, 11) is 0. The van der Waals surface area contributed by atoms with Crippen LogP contribution in [-0.2, 0) is 6.42 Å². The lowest BCUT2D eigenvalue weighted by molar-refractivity contribution is 0.128. The fourth-order valence-electron chi connectivity index (χ4n) is 1.23. The Morgan fingerprint density at radius 1 is 1.15 bits per heavy atom. The number of hydrogen-bond acceptors (Lipinski definition) is 1. The molecule has 0 aromatic heterocycles. The van der Waals surface area contributed by atoms with Gasteiger partial charge in [-0.3, -0.25) is 0 Å². The Labute approximate surface area is 76.6 Å². The SMILES string of the molecule is NC(Cc1ccccc1)CC(F)F. The molecule has 72 valence electrons. The molecule has 0 radical (unpaired) electrons. The van der Waals surface area contributed by atoms with Crippen LogP contribution in [0.2, 0.25) is 0 Å². The lowest BCUT2D eigenvalue weighted by atomic mass is 10.0. The first kappa shape index (κ1) is 10.1. The van der Waals surface area contributed by atoms with Gasteiger partial charge in [-0.05, 0) is 12.0 Å². The molecule has 1 nitrogen and oxygen atoms in total. The molecule has 2 N–H and O–H groups in total. The predicted octanol–water partition coefficient (Wildman–Crippen LogP) is 2.21. The van der Waals surface area contributed by atoms with Crippen molar-refractivity contribution in [2.24, 2.45) is 5.73 Å². The lowest BCUT2D eigenvalue weighted by Gasteiger charge is -2.10. The minimum absolute atomic E-state index is 0.227. The summed E-state index contributed by atoms with van der Waals surface area (Å²) in [6, 6.07) is 9.00. The number of benzene rings is 1. The molecule has 0 spiro atoms. The van der Waals surface area contributed by atoms with Crippen molar-refractivity contribution in [2.75, 3.05) is 0 Å². The van der Waals surface area contributed by atoms with Crippen molar-refractivity contribution in [3.63, 3.8) is 0 Å². The van der Waals surface area contributed by atoms with Crippen molar-refractivity contribution < 1.29 is 8.78 Å². The second-order valence-electron chi connectivity index (χ2n) is 3.08. The summed E-state index contributed by atoms with van der Waals surface area (Å²) in [6.45, 7) is 0. The van der Waals surface area contributed by atoms with Gasteiger partial charge in [-0.15, -0.1) is 0 Å². The molecule has 3 heteroatoms. The Balaban J connectivity index is 2.41. The van der Waals surface area contributed by atoms with Crippen LogP contribution >= 0.6 is 0 Å². The number of halogens is 2. The zero-order valence-electron chi connectivity index (χ0n) is 7.29. The smallest absolute Gasteiger partial charge is 0.240 e. The standard InChI is InChI=1S/C10H13F2N/c11-10(12)7-9(13)6-8-4-2-1-3-5-8/h1-5,9-10H,6-7,13H2. The Bertz CT molecular complexity index is 236. The third kappa shape index (κ3) is 3.99. The highest BCUT2D eigenvalue weighted by molar-refractivity contribution is 5.15. The van der Waals surface area contributed by atoms with Gasteiger partial charge in [0.25, 0.3) is 0 Å². The molecule has 1 atom stereocenters. The van der Waals surface area contributed by atoms with Gasteiger partial charge in [0, 0.05) is 12.5 Å². The number of hydrogen-bond donors (Lipinski definition) is 1. The molecule has 13 heavy (non-hydrogen) atoms. The number of nitrogens with two attached hydrogens (primary N) is 1. The molecule has 0 bridgehead atoms. The fourth-order valence-corrected chi connectivity index (χ4v) is 1.23. The van der Waals surface area contributed by atoms with Gasteiger partial charge in [-0.2, -0.15) is 0 Å². The van der Waals surface area contributed by atoms with Gasteiger partial charge in [-0.1, -0.05) is 30.3 Å². The molecule has 1 rings (SSSR count). The van der Waals surface area contributed by atoms with E-state index in [0.717, 1.165) is 5.56 Å². The maximum atomic E-state index is 11.9. The van der Waals surface area contributed by atoms with E-state index >= 15 is 0 Å². The predicted molar refractivity (Wildman–Crippen MR) is 48.7 cm³/mol. The van der Waals surface area contributed by atoms with Crippen molar-refractivity contribution in [1.82, 2.24) is 0 Å². The monoisotopic (exact) mass is 185 g/mol. The van der Waals surface area contributed by atoms with Crippen molar-refractivity contribution in [3.8, 4) is 0 Å². The van der Waals surface area contributed by atoms with E-state index in [1.54, 1.807) is 0 Å². The van der Waals surface area contributed by atoms with Gasteiger partial charge in [-0.25, -0.2) is 8.78 Å². The van der Waals surface area contributed by atoms with Gasteiger partial charge in [0.1, 0.15) is 0 Å². The van der Waals surface area contributed by atoms with Crippen molar-refractivity contribution in [3.05, 3.63) is 35.9 Å². The molecule has 1 unspecified atom stereocenters. The van der Waals surface area contributed by atoms with Crippen LogP contribution < -0.4 is 5.73 Å². The van der Waals surface area contributed by atoms with E-state index in [0.29, 0.717) is 6.42 Å². The first-order valence-electron chi connectivity index (χ1n) is 4.26. The van der Waals surface area contributed by atoms with Crippen molar-refractivity contribution in [2.45, 2.75) is 25.3 Å². The normalized spacial score (nSPS) is 13.2. The first-order chi connectivity index (χ1) is 6.18. The third-order valence-corrected chi connectivity index (χ3v) is 1.82. The van der Waals surface area contributed by atoms with Crippen molar-refractivity contribution in [1.29, 1.82) is 0 Å². The second kappa shape index (κ2) is 4.92. The maximum absolute atomic E-state index is 11.9. The zero-order chi connectivity index (χ0) is 9.68. The van der Waals surface area contributed by atoms with Crippen LogP contribution in [0.25, 0.3) is 0 Å². The minimum Gasteiger partial charge on any atom is -0.327 e. The van der Waals surface area contributed by atoms with Crippen LogP contribution in [0, 0.1) is 0 Å². The highest BCUT2D eigenvalue weighted by Crippen LogP contribution is 2.08. The average molecular weight is 185 g/mol. The van der Waals surface area contributed by atoms with Crippen LogP contribution in [0.4, 0.5) is 8.78 Å². The van der Waals surface area contributed by atoms with Gasteiger partial charge in [0.15, 0.2) is 0 Å². The van der Waals surface area contributed by atoms with Crippen LogP contribution in [-0.4, -0.2) is 12.5 Å². The molecule has 1 aromatic carbocycles. The molecular formula is C10H13F2N. The summed E-state index contributed by atoms with van der Waals surface area (Å²) < 4.78 is 23.8. The van der Waals surface area contributed by atoms with Crippen molar-refractivity contribution >= 4 is 0 Å². The minimum atomic E-state index is -2.31. The summed E-state index contributed by atoms with van der Waals surface area (Å²) >= 11 is 0. The fraction of sp³-hybridized carbons (Fsp3) is 0.400. The first-order valence-corrected chi connectivity index (χ1v) is 4.26. The molecule has 0 saturated carbocycles. The quantitative estimate of drug-likeness (QED) is 0.764. The summed E-state index contributed by atoms with van der Waals surface area (Å²) in [6.07, 6.45) is -2.02. The topological polar surface area (TPSA) is 26.0 Å². The Morgan fingerprint density at radius 2 is 1.77 bits per heavy atom. The van der Waals surface area contributed by atoms with Gasteiger partial charge in [0.05, 0.1) is 0 Å². The molecule has 0 fully saturated rings. The van der Waals surface area contributed by atoms with Gasteiger partial charge in [0.2, 0.25) is 6.43 Å². The zero-order valence-corrected chi connectivity index (χ0v) is 7.29. The maximum Gasteiger partial charge on any atom is 0.240 e. The van der Waals surface area contributed by atoms with E-state index < -0.39 is 12.5 Å². The van der Waals surface area contributed by atoms with Gasteiger partial charge < -0.3 is 5.73 Å². The molecule has 0 aliphatic rings. The third-order valence-electron chi connectivity index (χ3n) is 1.82. The summed E-state index contributed by atoms with van der Waals surface area (Å²) in [4.78, 5) is 0.